The molecule has 20 heavy (non-hydrogen) atoms. The van der Waals surface area contributed by atoms with E-state index in [2.05, 4.69) is 10.3 Å². The summed E-state index contributed by atoms with van der Waals surface area (Å²) in [5.74, 6) is 0.284. The summed E-state index contributed by atoms with van der Waals surface area (Å²) in [6.07, 6.45) is 3.76. The van der Waals surface area contributed by atoms with Gasteiger partial charge in [0.05, 0.1) is 12.7 Å². The van der Waals surface area contributed by atoms with Crippen LogP contribution in [0.1, 0.15) is 23.2 Å². The van der Waals surface area contributed by atoms with Crippen molar-refractivity contribution >= 4 is 5.91 Å². The molecule has 0 bridgehead atoms. The highest BCUT2D eigenvalue weighted by Crippen LogP contribution is 2.12. The number of rotatable bonds is 7. The molecule has 1 aliphatic heterocycles. The predicted molar refractivity (Wildman–Crippen MR) is 72.9 cm³/mol. The lowest BCUT2D eigenvalue weighted by Crippen LogP contribution is -2.31. The third kappa shape index (κ3) is 4.47. The smallest absolute Gasteiger partial charge is 0.251 e. The van der Waals surface area contributed by atoms with Crippen LogP contribution in [0.3, 0.4) is 0 Å². The summed E-state index contributed by atoms with van der Waals surface area (Å²) >= 11 is 0. The molecule has 2 heterocycles. The molecule has 0 aliphatic carbocycles. The maximum Gasteiger partial charge on any atom is 0.251 e. The highest BCUT2D eigenvalue weighted by atomic mass is 16.5. The van der Waals surface area contributed by atoms with E-state index in [0.29, 0.717) is 31.2 Å². The van der Waals surface area contributed by atoms with Gasteiger partial charge in [0, 0.05) is 38.1 Å². The van der Waals surface area contributed by atoms with Gasteiger partial charge in [-0.25, -0.2) is 4.98 Å². The number of amides is 1. The number of pyridine rings is 1. The van der Waals surface area contributed by atoms with Crippen molar-refractivity contribution in [2.45, 2.75) is 18.9 Å². The highest BCUT2D eigenvalue weighted by Gasteiger charge is 2.16. The summed E-state index contributed by atoms with van der Waals surface area (Å²) in [6.45, 7) is 2.22. The Morgan fingerprint density at radius 1 is 1.55 bits per heavy atom. The fraction of sp³-hybridized carbons (Fsp3) is 0.571. The molecular weight excluding hydrogens is 260 g/mol. The number of carbonyl (C=O) groups is 1. The number of aromatic nitrogens is 1. The fourth-order valence-corrected chi connectivity index (χ4v) is 1.97. The molecule has 1 amide bonds. The van der Waals surface area contributed by atoms with Crippen LogP contribution in [0.2, 0.25) is 0 Å². The van der Waals surface area contributed by atoms with Crippen molar-refractivity contribution in [1.82, 2.24) is 10.3 Å². The van der Waals surface area contributed by atoms with Crippen LogP contribution in [0.4, 0.5) is 0 Å². The first-order valence-corrected chi connectivity index (χ1v) is 6.77. The zero-order valence-corrected chi connectivity index (χ0v) is 11.6. The predicted octanol–water partition coefficient (Wildman–Crippen LogP) is 1.02. The Morgan fingerprint density at radius 3 is 3.20 bits per heavy atom. The number of nitrogens with one attached hydrogen (secondary N) is 1. The van der Waals surface area contributed by atoms with Crippen LogP contribution in [0, 0.1) is 0 Å². The average Bonchev–Trinajstić information content (AvgIpc) is 2.99. The summed E-state index contributed by atoms with van der Waals surface area (Å²) in [4.78, 5) is 16.1. The zero-order valence-electron chi connectivity index (χ0n) is 11.6. The second-order valence-electron chi connectivity index (χ2n) is 4.57. The molecule has 1 fully saturated rings. The van der Waals surface area contributed by atoms with Crippen molar-refractivity contribution < 1.29 is 19.0 Å². The Morgan fingerprint density at radius 2 is 2.45 bits per heavy atom. The van der Waals surface area contributed by atoms with Crippen LogP contribution in [0.15, 0.2) is 18.3 Å². The van der Waals surface area contributed by atoms with Crippen molar-refractivity contribution in [1.29, 1.82) is 0 Å². The zero-order chi connectivity index (χ0) is 14.2. The van der Waals surface area contributed by atoms with E-state index in [9.17, 15) is 4.79 Å². The number of nitrogens with zero attached hydrogens (tertiary/aromatic N) is 1. The van der Waals surface area contributed by atoms with Crippen molar-refractivity contribution in [2.24, 2.45) is 0 Å². The molecule has 110 valence electrons. The molecule has 2 rings (SSSR count). The Kier molecular flexibility index (Phi) is 5.76. The standard InChI is InChI=1S/C14H20N2O4/c1-18-7-8-20-13-9-11(4-5-15-13)14(17)16-10-12-3-2-6-19-12/h4-5,9,12H,2-3,6-8,10H2,1H3,(H,16,17). The first-order chi connectivity index (χ1) is 9.79. The second-order valence-corrected chi connectivity index (χ2v) is 4.57. The molecule has 6 nitrogen and oxygen atoms in total. The van der Waals surface area contributed by atoms with Crippen LogP contribution in [0.25, 0.3) is 0 Å². The topological polar surface area (TPSA) is 69.7 Å². The lowest BCUT2D eigenvalue weighted by molar-refractivity contribution is 0.0857. The van der Waals surface area contributed by atoms with Crippen molar-refractivity contribution in [3.8, 4) is 5.88 Å². The van der Waals surface area contributed by atoms with E-state index in [-0.39, 0.29) is 12.0 Å². The van der Waals surface area contributed by atoms with E-state index < -0.39 is 0 Å². The van der Waals surface area contributed by atoms with E-state index in [1.54, 1.807) is 25.4 Å². The van der Waals surface area contributed by atoms with Crippen molar-refractivity contribution in [3.63, 3.8) is 0 Å². The van der Waals surface area contributed by atoms with Gasteiger partial charge in [-0.15, -0.1) is 0 Å². The van der Waals surface area contributed by atoms with Gasteiger partial charge >= 0.3 is 0 Å². The van der Waals surface area contributed by atoms with Gasteiger partial charge in [0.15, 0.2) is 0 Å². The number of hydrogen-bond acceptors (Lipinski definition) is 5. The Labute approximate surface area is 118 Å². The normalized spacial score (nSPS) is 17.9. The number of carbonyl (C=O) groups excluding carboxylic acids is 1. The number of ether oxygens (including phenoxy) is 3. The highest BCUT2D eigenvalue weighted by molar-refractivity contribution is 5.94. The van der Waals surface area contributed by atoms with Gasteiger partial charge in [0.1, 0.15) is 6.61 Å². The number of hydrogen-bond donors (Lipinski definition) is 1. The Balaban J connectivity index is 1.83. The average molecular weight is 280 g/mol. The Hall–Kier alpha value is -1.66. The van der Waals surface area contributed by atoms with Gasteiger partial charge in [-0.1, -0.05) is 0 Å². The Bertz CT molecular complexity index is 433. The third-order valence-electron chi connectivity index (χ3n) is 3.05. The largest absolute Gasteiger partial charge is 0.475 e. The van der Waals surface area contributed by atoms with Gasteiger partial charge in [0.25, 0.3) is 5.91 Å². The van der Waals surface area contributed by atoms with Crippen molar-refractivity contribution in [2.75, 3.05) is 33.5 Å². The quantitative estimate of drug-likeness (QED) is 0.755. The first-order valence-electron chi connectivity index (χ1n) is 6.77. The van der Waals surface area contributed by atoms with Gasteiger partial charge in [0.2, 0.25) is 5.88 Å². The molecule has 1 aromatic rings. The summed E-state index contributed by atoms with van der Waals surface area (Å²) in [6, 6.07) is 3.29. The molecule has 1 aromatic heterocycles. The van der Waals surface area contributed by atoms with Crippen LogP contribution < -0.4 is 10.1 Å². The molecule has 1 saturated heterocycles. The van der Waals surface area contributed by atoms with Crippen LogP contribution in [0.5, 0.6) is 5.88 Å². The first kappa shape index (κ1) is 14.7. The van der Waals surface area contributed by atoms with Gasteiger partial charge in [-0.05, 0) is 18.9 Å². The molecule has 1 atom stereocenters. The molecule has 0 aromatic carbocycles. The second kappa shape index (κ2) is 7.81. The van der Waals surface area contributed by atoms with Gasteiger partial charge in [-0.2, -0.15) is 0 Å². The summed E-state index contributed by atoms with van der Waals surface area (Å²) in [7, 11) is 1.60. The maximum absolute atomic E-state index is 12.0. The summed E-state index contributed by atoms with van der Waals surface area (Å²) in [5.41, 5.74) is 0.533. The summed E-state index contributed by atoms with van der Waals surface area (Å²) < 4.78 is 15.7. The van der Waals surface area contributed by atoms with Crippen LogP contribution in [-0.2, 0) is 9.47 Å². The van der Waals surface area contributed by atoms with E-state index in [4.69, 9.17) is 14.2 Å². The lowest BCUT2D eigenvalue weighted by atomic mass is 10.2. The molecule has 0 radical (unpaired) electrons. The lowest BCUT2D eigenvalue weighted by Gasteiger charge is -2.11. The fourth-order valence-electron chi connectivity index (χ4n) is 1.97. The van der Waals surface area contributed by atoms with E-state index in [1.165, 1.54) is 0 Å². The molecular formula is C14H20N2O4. The van der Waals surface area contributed by atoms with E-state index in [0.717, 1.165) is 19.4 Å². The van der Waals surface area contributed by atoms with Gasteiger partial charge < -0.3 is 19.5 Å². The van der Waals surface area contributed by atoms with E-state index >= 15 is 0 Å². The molecule has 1 aliphatic rings. The molecule has 0 saturated carbocycles. The van der Waals surface area contributed by atoms with E-state index in [1.807, 2.05) is 0 Å². The SMILES string of the molecule is COCCOc1cc(C(=O)NCC2CCCO2)ccn1. The minimum atomic E-state index is -0.139. The number of methoxy groups -OCH3 is 1. The van der Waals surface area contributed by atoms with Crippen LogP contribution >= 0.6 is 0 Å². The molecule has 0 spiro atoms. The van der Waals surface area contributed by atoms with Crippen molar-refractivity contribution in [3.05, 3.63) is 23.9 Å². The minimum Gasteiger partial charge on any atom is -0.475 e. The maximum atomic E-state index is 12.0. The van der Waals surface area contributed by atoms with Crippen LogP contribution in [-0.4, -0.2) is 50.5 Å². The molecule has 6 heteroatoms. The monoisotopic (exact) mass is 280 g/mol. The third-order valence-corrected chi connectivity index (χ3v) is 3.05. The molecule has 1 N–H and O–H groups in total. The minimum absolute atomic E-state index is 0.137. The molecule has 1 unspecified atom stereocenters. The van der Waals surface area contributed by atoms with Gasteiger partial charge in [-0.3, -0.25) is 4.79 Å². The summed E-state index contributed by atoms with van der Waals surface area (Å²) in [5, 5.41) is 2.86.